The number of hydrogen-bond acceptors (Lipinski definition) is 6. The largest absolute Gasteiger partial charge is 0.493 e. The maximum absolute atomic E-state index is 13.5. The second kappa shape index (κ2) is 8.20. The molecule has 0 saturated carbocycles. The lowest BCUT2D eigenvalue weighted by Gasteiger charge is -2.38. The predicted octanol–water partition coefficient (Wildman–Crippen LogP) is 3.12. The van der Waals surface area contributed by atoms with E-state index in [9.17, 15) is 13.6 Å². The maximum atomic E-state index is 13.5. The van der Waals surface area contributed by atoms with E-state index in [0.29, 0.717) is 18.0 Å². The number of carbonyl (C=O) groups excluding carboxylic acids is 1. The van der Waals surface area contributed by atoms with Crippen LogP contribution in [0.25, 0.3) is 10.9 Å². The number of hydrogen-bond donors (Lipinski definition) is 0. The number of piperidine rings is 2. The van der Waals surface area contributed by atoms with Gasteiger partial charge >= 0.3 is 0 Å². The molecule has 0 radical (unpaired) electrons. The van der Waals surface area contributed by atoms with Crippen LogP contribution in [0.4, 0.5) is 14.6 Å². The van der Waals surface area contributed by atoms with Gasteiger partial charge in [-0.15, -0.1) is 0 Å². The van der Waals surface area contributed by atoms with Crippen LogP contribution in [-0.4, -0.2) is 67.1 Å². The summed E-state index contributed by atoms with van der Waals surface area (Å²) in [6.45, 7) is 1.51. The van der Waals surface area contributed by atoms with Crippen molar-refractivity contribution >= 4 is 22.6 Å². The lowest BCUT2D eigenvalue weighted by Crippen LogP contribution is -2.49. The third kappa shape index (κ3) is 3.97. The minimum absolute atomic E-state index is 0.0344. The molecule has 1 aromatic heterocycles. The molecule has 2 fully saturated rings. The number of nitrogens with zero attached hydrogens (tertiary/aromatic N) is 4. The summed E-state index contributed by atoms with van der Waals surface area (Å²) in [6, 6.07) is 3.65. The van der Waals surface area contributed by atoms with E-state index in [4.69, 9.17) is 9.47 Å². The van der Waals surface area contributed by atoms with Crippen molar-refractivity contribution in [3.8, 4) is 11.5 Å². The van der Waals surface area contributed by atoms with Crippen molar-refractivity contribution in [1.29, 1.82) is 0 Å². The Morgan fingerprint density at radius 1 is 1.10 bits per heavy atom. The minimum Gasteiger partial charge on any atom is -0.493 e. The Kier molecular flexibility index (Phi) is 5.62. The van der Waals surface area contributed by atoms with E-state index < -0.39 is 5.92 Å². The smallest absolute Gasteiger partial charge is 0.251 e. The number of anilines is 1. The van der Waals surface area contributed by atoms with E-state index in [-0.39, 0.29) is 37.8 Å². The highest BCUT2D eigenvalue weighted by Crippen LogP contribution is 2.36. The highest BCUT2D eigenvalue weighted by Gasteiger charge is 2.38. The maximum Gasteiger partial charge on any atom is 0.251 e. The van der Waals surface area contributed by atoms with E-state index >= 15 is 0 Å². The predicted molar refractivity (Wildman–Crippen MR) is 108 cm³/mol. The van der Waals surface area contributed by atoms with Crippen LogP contribution in [0.2, 0.25) is 0 Å². The summed E-state index contributed by atoms with van der Waals surface area (Å²) in [5, 5.41) is 0.820. The summed E-state index contributed by atoms with van der Waals surface area (Å²) in [5.74, 6) is -1.01. The highest BCUT2D eigenvalue weighted by atomic mass is 19.3. The third-order valence-corrected chi connectivity index (χ3v) is 6.00. The number of amides is 1. The number of ether oxygens (including phenoxy) is 2. The van der Waals surface area contributed by atoms with Crippen LogP contribution in [0.5, 0.6) is 11.5 Å². The van der Waals surface area contributed by atoms with Gasteiger partial charge in [0.2, 0.25) is 5.91 Å². The number of benzene rings is 1. The standard InChI is InChI=1S/C21H26F2N4O3/c1-29-17-10-15-16(11-18(17)30-2)24-13-25-19(15)27-7-3-4-14(12-27)20(28)26-8-5-21(22,23)6-9-26/h10-11,13-14H,3-9,12H2,1-2H3. The van der Waals surface area contributed by atoms with Crippen molar-refractivity contribution < 1.29 is 23.0 Å². The first-order valence-electron chi connectivity index (χ1n) is 10.2. The lowest BCUT2D eigenvalue weighted by molar-refractivity contribution is -0.141. The van der Waals surface area contributed by atoms with E-state index in [1.807, 2.05) is 6.07 Å². The summed E-state index contributed by atoms with van der Waals surface area (Å²) in [5.41, 5.74) is 0.726. The molecule has 2 aromatic rings. The SMILES string of the molecule is COc1cc2ncnc(N3CCCC(C(=O)N4CCC(F)(F)CC4)C3)c2cc1OC. The molecule has 4 rings (SSSR count). The Hall–Kier alpha value is -2.71. The van der Waals surface area contributed by atoms with E-state index in [2.05, 4.69) is 14.9 Å². The van der Waals surface area contributed by atoms with Crippen LogP contribution in [0.3, 0.4) is 0 Å². The lowest BCUT2D eigenvalue weighted by atomic mass is 9.95. The molecule has 30 heavy (non-hydrogen) atoms. The molecule has 9 heteroatoms. The van der Waals surface area contributed by atoms with Crippen LogP contribution in [0, 0.1) is 5.92 Å². The molecule has 1 atom stereocenters. The number of likely N-dealkylation sites (tertiary alicyclic amines) is 1. The third-order valence-electron chi connectivity index (χ3n) is 6.00. The van der Waals surface area contributed by atoms with E-state index in [1.165, 1.54) is 6.33 Å². The summed E-state index contributed by atoms with van der Waals surface area (Å²) >= 11 is 0. The average molecular weight is 420 g/mol. The Morgan fingerprint density at radius 2 is 1.80 bits per heavy atom. The van der Waals surface area contributed by atoms with Crippen LogP contribution < -0.4 is 14.4 Å². The van der Waals surface area contributed by atoms with Gasteiger partial charge in [-0.25, -0.2) is 18.7 Å². The van der Waals surface area contributed by atoms with Gasteiger partial charge in [-0.3, -0.25) is 4.79 Å². The highest BCUT2D eigenvalue weighted by molar-refractivity contribution is 5.92. The van der Waals surface area contributed by atoms with Gasteiger partial charge < -0.3 is 19.3 Å². The zero-order valence-corrected chi connectivity index (χ0v) is 17.2. The molecule has 3 heterocycles. The summed E-state index contributed by atoms with van der Waals surface area (Å²) < 4.78 is 37.7. The van der Waals surface area contributed by atoms with Crippen molar-refractivity contribution in [3.63, 3.8) is 0 Å². The summed E-state index contributed by atoms with van der Waals surface area (Å²) in [4.78, 5) is 25.5. The number of carbonyl (C=O) groups is 1. The molecule has 1 amide bonds. The van der Waals surface area contributed by atoms with Gasteiger partial charge in [0.1, 0.15) is 12.1 Å². The number of alkyl halides is 2. The Morgan fingerprint density at radius 3 is 2.50 bits per heavy atom. The fraction of sp³-hybridized carbons (Fsp3) is 0.571. The van der Waals surface area contributed by atoms with Crippen molar-refractivity contribution in [2.24, 2.45) is 5.92 Å². The molecule has 0 spiro atoms. The minimum atomic E-state index is -2.66. The fourth-order valence-electron chi connectivity index (χ4n) is 4.30. The van der Waals surface area contributed by atoms with Crippen molar-refractivity contribution in [1.82, 2.24) is 14.9 Å². The summed E-state index contributed by atoms with van der Waals surface area (Å²) in [6.07, 6.45) is 2.57. The second-order valence-corrected chi connectivity index (χ2v) is 7.89. The normalized spacial score (nSPS) is 21.5. The zero-order valence-electron chi connectivity index (χ0n) is 17.2. The molecule has 2 saturated heterocycles. The van der Waals surface area contributed by atoms with Crippen molar-refractivity contribution in [3.05, 3.63) is 18.5 Å². The first-order valence-corrected chi connectivity index (χ1v) is 10.2. The van der Waals surface area contributed by atoms with Crippen LogP contribution in [0.1, 0.15) is 25.7 Å². The number of methoxy groups -OCH3 is 2. The molecule has 0 aliphatic carbocycles. The van der Waals surface area contributed by atoms with Gasteiger partial charge in [0.15, 0.2) is 11.5 Å². The molecule has 0 bridgehead atoms. The molecule has 2 aliphatic rings. The van der Waals surface area contributed by atoms with E-state index in [0.717, 1.165) is 36.1 Å². The molecule has 2 aliphatic heterocycles. The van der Waals surface area contributed by atoms with Gasteiger partial charge in [-0.2, -0.15) is 0 Å². The topological polar surface area (TPSA) is 67.8 Å². The van der Waals surface area contributed by atoms with Gasteiger partial charge in [0.25, 0.3) is 5.92 Å². The summed E-state index contributed by atoms with van der Waals surface area (Å²) in [7, 11) is 3.15. The van der Waals surface area contributed by atoms with Gasteiger partial charge in [0.05, 0.1) is 25.7 Å². The Labute approximate surface area is 174 Å². The molecule has 162 valence electrons. The van der Waals surface area contributed by atoms with Crippen LogP contribution in [-0.2, 0) is 4.79 Å². The molecule has 7 nitrogen and oxygen atoms in total. The van der Waals surface area contributed by atoms with Crippen molar-refractivity contribution in [2.45, 2.75) is 31.6 Å². The number of fused-ring (bicyclic) bond motifs is 1. The van der Waals surface area contributed by atoms with Gasteiger partial charge in [0, 0.05) is 50.5 Å². The average Bonchev–Trinajstić information content (AvgIpc) is 2.77. The van der Waals surface area contributed by atoms with Gasteiger partial charge in [-0.05, 0) is 18.9 Å². The van der Waals surface area contributed by atoms with Crippen LogP contribution >= 0.6 is 0 Å². The first-order chi connectivity index (χ1) is 14.4. The first kappa shape index (κ1) is 20.6. The van der Waals surface area contributed by atoms with Gasteiger partial charge in [-0.1, -0.05) is 0 Å². The Bertz CT molecular complexity index is 930. The Balaban J connectivity index is 1.56. The second-order valence-electron chi connectivity index (χ2n) is 7.89. The van der Waals surface area contributed by atoms with E-state index in [1.54, 1.807) is 25.2 Å². The number of aromatic nitrogens is 2. The number of rotatable bonds is 4. The van der Waals surface area contributed by atoms with Crippen molar-refractivity contribution in [2.75, 3.05) is 45.3 Å². The molecular formula is C21H26F2N4O3. The van der Waals surface area contributed by atoms with Crippen LogP contribution in [0.15, 0.2) is 18.5 Å². The monoisotopic (exact) mass is 420 g/mol. The zero-order chi connectivity index (χ0) is 21.3. The molecule has 1 unspecified atom stereocenters. The fourth-order valence-corrected chi connectivity index (χ4v) is 4.30. The molecule has 0 N–H and O–H groups in total. The number of halogens is 2. The molecular weight excluding hydrogens is 394 g/mol. The quantitative estimate of drug-likeness (QED) is 0.757. The molecule has 1 aromatic carbocycles.